The standard InChI is InChI=1S/C47H68O9Si/c1-33-25-26-38-46(31-51-32-50-7)39(33)42(53-30-36-21-15-11-16-22-36)47(28-27-34(2)48,56-57(8,9)37-23-17-12-18-24-37)44(3,4)41(49)40(43(46)55-45(5,6)54-38)52-29-35-19-13-10-14-20-35/h10-11,13-16,19-22,37-40,42-43H,1,12,17-18,23-32H2,2-9H3/t38-,39-,40+,42-,43+,46+,47+/m0/s1. The second-order valence-electron chi connectivity index (χ2n) is 18.6. The number of carbonyl (C=O) groups excluding carboxylic acids is 2. The molecule has 10 heteroatoms. The third-order valence-corrected chi connectivity index (χ3v) is 17.1. The summed E-state index contributed by atoms with van der Waals surface area (Å²) >= 11 is 0. The van der Waals surface area contributed by atoms with Crippen LogP contribution in [-0.2, 0) is 55.7 Å². The first-order chi connectivity index (χ1) is 27.1. The quantitative estimate of drug-likeness (QED) is 0.0711. The molecule has 1 heterocycles. The number of ketones is 2. The van der Waals surface area contributed by atoms with Crippen LogP contribution in [0.4, 0.5) is 0 Å². The molecule has 9 nitrogen and oxygen atoms in total. The second kappa shape index (κ2) is 18.0. The van der Waals surface area contributed by atoms with E-state index >= 15 is 4.79 Å². The Morgan fingerprint density at radius 2 is 1.49 bits per heavy atom. The summed E-state index contributed by atoms with van der Waals surface area (Å²) in [5, 5.41) is 0. The Kier molecular flexibility index (Phi) is 13.9. The van der Waals surface area contributed by atoms with Gasteiger partial charge in [0.25, 0.3) is 0 Å². The van der Waals surface area contributed by atoms with Gasteiger partial charge in [-0.1, -0.05) is 105 Å². The van der Waals surface area contributed by atoms with E-state index in [1.54, 1.807) is 14.0 Å². The number of Topliss-reactive ketones (excluding diaryl/α,β-unsaturated/α-hetero) is 2. The van der Waals surface area contributed by atoms with Crippen molar-refractivity contribution in [2.45, 2.75) is 160 Å². The first-order valence-corrected chi connectivity index (χ1v) is 24.2. The van der Waals surface area contributed by atoms with Gasteiger partial charge < -0.3 is 37.6 Å². The highest BCUT2D eigenvalue weighted by atomic mass is 28.4. The van der Waals surface area contributed by atoms with Gasteiger partial charge in [0, 0.05) is 19.4 Å². The van der Waals surface area contributed by atoms with E-state index in [1.807, 2.05) is 76.2 Å². The van der Waals surface area contributed by atoms with Gasteiger partial charge in [0.15, 0.2) is 19.9 Å². The van der Waals surface area contributed by atoms with Gasteiger partial charge in [-0.25, -0.2) is 0 Å². The van der Waals surface area contributed by atoms with E-state index in [1.165, 1.54) is 6.42 Å². The lowest BCUT2D eigenvalue weighted by Gasteiger charge is -2.67. The van der Waals surface area contributed by atoms with Gasteiger partial charge in [-0.15, -0.1) is 0 Å². The Morgan fingerprint density at radius 3 is 2.09 bits per heavy atom. The molecule has 1 aliphatic heterocycles. The summed E-state index contributed by atoms with van der Waals surface area (Å²) in [6.07, 6.45) is 4.47. The molecule has 4 fully saturated rings. The van der Waals surface area contributed by atoms with Crippen molar-refractivity contribution in [3.8, 4) is 0 Å². The fourth-order valence-electron chi connectivity index (χ4n) is 10.7. The van der Waals surface area contributed by atoms with Crippen LogP contribution in [0.1, 0.15) is 104 Å². The third kappa shape index (κ3) is 8.99. The number of benzene rings is 2. The van der Waals surface area contributed by atoms with E-state index in [2.05, 4.69) is 25.2 Å². The molecule has 0 bridgehead atoms. The first-order valence-electron chi connectivity index (χ1n) is 21.2. The highest BCUT2D eigenvalue weighted by molar-refractivity contribution is 6.72. The van der Waals surface area contributed by atoms with Gasteiger partial charge in [0.1, 0.15) is 24.8 Å². The molecule has 1 saturated heterocycles. The van der Waals surface area contributed by atoms with Crippen LogP contribution in [-0.4, -0.2) is 76.2 Å². The van der Waals surface area contributed by atoms with Crippen molar-refractivity contribution in [3.63, 3.8) is 0 Å². The molecule has 7 atom stereocenters. The average molecular weight is 805 g/mol. The average Bonchev–Trinajstić information content (AvgIpc) is 3.18. The molecule has 0 amide bonds. The Bertz CT molecular complexity index is 1670. The SMILES string of the molecule is C=C1CC[C@@H]2OC(C)(C)O[C@@H]3[C@H](OCc4ccccc4)C(=O)C(C)(C)[C@](CCC(C)=O)(O[Si](C)(C)C4CCCCC4)[C@@H](OCc4ccccc4)[C@H]1[C@@]23COCOC. The van der Waals surface area contributed by atoms with Crippen molar-refractivity contribution in [1.82, 2.24) is 0 Å². The zero-order chi connectivity index (χ0) is 41.1. The van der Waals surface area contributed by atoms with Crippen LogP contribution in [0.25, 0.3) is 0 Å². The summed E-state index contributed by atoms with van der Waals surface area (Å²) in [5.41, 5.74) is -0.268. The Labute approximate surface area is 342 Å². The maximum atomic E-state index is 16.2. The number of carbonyl (C=O) groups is 2. The molecule has 0 aromatic heterocycles. The predicted octanol–water partition coefficient (Wildman–Crippen LogP) is 9.52. The minimum atomic E-state index is -2.65. The molecule has 0 N–H and O–H groups in total. The maximum absolute atomic E-state index is 16.2. The minimum Gasteiger partial charge on any atom is -0.408 e. The molecule has 0 radical (unpaired) electrons. The zero-order valence-electron chi connectivity index (χ0n) is 35.8. The minimum absolute atomic E-state index is 0.0292. The number of ether oxygens (including phenoxy) is 6. The Hall–Kier alpha value is -2.54. The molecule has 57 heavy (non-hydrogen) atoms. The van der Waals surface area contributed by atoms with Crippen LogP contribution in [0.15, 0.2) is 72.8 Å². The topological polar surface area (TPSA) is 98.8 Å². The van der Waals surface area contributed by atoms with E-state index in [0.717, 1.165) is 42.4 Å². The van der Waals surface area contributed by atoms with Crippen LogP contribution < -0.4 is 0 Å². The summed E-state index contributed by atoms with van der Waals surface area (Å²) in [6, 6.07) is 20.0. The van der Waals surface area contributed by atoms with Crippen LogP contribution in [0.3, 0.4) is 0 Å². The van der Waals surface area contributed by atoms with E-state index in [0.29, 0.717) is 18.4 Å². The smallest absolute Gasteiger partial charge is 0.190 e. The van der Waals surface area contributed by atoms with E-state index in [-0.39, 0.29) is 51.0 Å². The van der Waals surface area contributed by atoms with Crippen LogP contribution in [0, 0.1) is 16.7 Å². The molecular weight excluding hydrogens is 737 g/mol. The van der Waals surface area contributed by atoms with Crippen LogP contribution in [0.2, 0.25) is 18.6 Å². The van der Waals surface area contributed by atoms with Gasteiger partial charge >= 0.3 is 0 Å². The predicted molar refractivity (Wildman–Crippen MR) is 223 cm³/mol. The molecule has 3 aliphatic carbocycles. The summed E-state index contributed by atoms with van der Waals surface area (Å²) in [7, 11) is -1.04. The molecular formula is C47H68O9Si. The highest BCUT2D eigenvalue weighted by Gasteiger charge is 2.73. The summed E-state index contributed by atoms with van der Waals surface area (Å²) in [5.74, 6) is -1.65. The maximum Gasteiger partial charge on any atom is 0.190 e. The molecule has 2 aromatic rings. The third-order valence-electron chi connectivity index (χ3n) is 13.7. The summed E-state index contributed by atoms with van der Waals surface area (Å²) < 4.78 is 48.5. The van der Waals surface area contributed by atoms with E-state index in [9.17, 15) is 4.79 Å². The van der Waals surface area contributed by atoms with Crippen LogP contribution in [0.5, 0.6) is 0 Å². The number of methoxy groups -OCH3 is 1. The number of hydrogen-bond acceptors (Lipinski definition) is 9. The Morgan fingerprint density at radius 1 is 0.877 bits per heavy atom. The second-order valence-corrected chi connectivity index (χ2v) is 22.9. The van der Waals surface area contributed by atoms with Crippen LogP contribution >= 0.6 is 0 Å². The molecule has 4 aliphatic rings. The van der Waals surface area contributed by atoms with E-state index < -0.39 is 60.9 Å². The van der Waals surface area contributed by atoms with Gasteiger partial charge in [0.2, 0.25) is 0 Å². The van der Waals surface area contributed by atoms with Crippen molar-refractivity contribution >= 4 is 19.9 Å². The fraction of sp³-hybridized carbons (Fsp3) is 0.660. The molecule has 3 saturated carbocycles. The number of rotatable bonds is 16. The van der Waals surface area contributed by atoms with Crippen molar-refractivity contribution in [2.24, 2.45) is 16.7 Å². The van der Waals surface area contributed by atoms with Gasteiger partial charge in [-0.2, -0.15) is 0 Å². The first kappa shape index (κ1) is 44.0. The van der Waals surface area contributed by atoms with Gasteiger partial charge in [-0.05, 0) is 83.6 Å². The fourth-order valence-corrected chi connectivity index (χ4v) is 14.1. The molecule has 6 rings (SSSR count). The van der Waals surface area contributed by atoms with E-state index in [4.69, 9.17) is 39.4 Å². The molecule has 2 aromatic carbocycles. The zero-order valence-corrected chi connectivity index (χ0v) is 36.8. The van der Waals surface area contributed by atoms with Crippen molar-refractivity contribution < 1.29 is 42.4 Å². The number of hydrogen-bond donors (Lipinski definition) is 0. The monoisotopic (exact) mass is 804 g/mol. The van der Waals surface area contributed by atoms with Gasteiger partial charge in [0.05, 0.1) is 48.5 Å². The molecule has 0 spiro atoms. The largest absolute Gasteiger partial charge is 0.408 e. The molecule has 314 valence electrons. The highest BCUT2D eigenvalue weighted by Crippen LogP contribution is 2.63. The lowest BCUT2D eigenvalue weighted by atomic mass is 9.49. The van der Waals surface area contributed by atoms with Crippen molar-refractivity contribution in [3.05, 3.63) is 83.9 Å². The lowest BCUT2D eigenvalue weighted by Crippen LogP contribution is -2.78. The van der Waals surface area contributed by atoms with Crippen molar-refractivity contribution in [2.75, 3.05) is 20.5 Å². The molecule has 0 unspecified atom stereocenters. The van der Waals surface area contributed by atoms with Gasteiger partial charge in [-0.3, -0.25) is 4.79 Å². The van der Waals surface area contributed by atoms with Crippen molar-refractivity contribution in [1.29, 1.82) is 0 Å². The Balaban J connectivity index is 1.65. The summed E-state index contributed by atoms with van der Waals surface area (Å²) in [4.78, 5) is 29.5. The summed E-state index contributed by atoms with van der Waals surface area (Å²) in [6.45, 7) is 19.5. The lowest BCUT2D eigenvalue weighted by molar-refractivity contribution is -0.391. The normalized spacial score (nSPS) is 31.6.